The van der Waals surface area contributed by atoms with Crippen LogP contribution in [0.2, 0.25) is 15.1 Å². The highest BCUT2D eigenvalue weighted by atomic mass is 35.5. The van der Waals surface area contributed by atoms with Gasteiger partial charge in [-0.15, -0.1) is 0 Å². The molecule has 0 radical (unpaired) electrons. The lowest BCUT2D eigenvalue weighted by Crippen LogP contribution is -2.07. The highest BCUT2D eigenvalue weighted by Gasteiger charge is 2.11. The normalized spacial score (nSPS) is 10.7. The molecule has 118 valence electrons. The van der Waals surface area contributed by atoms with E-state index in [-0.39, 0.29) is 10.7 Å². The van der Waals surface area contributed by atoms with Crippen molar-refractivity contribution in [3.8, 4) is 0 Å². The number of benzene rings is 2. The molecule has 0 aliphatic carbocycles. The minimum atomic E-state index is -0.590. The third-order valence-corrected chi connectivity index (χ3v) is 3.48. The lowest BCUT2D eigenvalue weighted by Gasteiger charge is -2.03. The Morgan fingerprint density at radius 1 is 1.09 bits per heavy atom. The van der Waals surface area contributed by atoms with Gasteiger partial charge >= 0.3 is 0 Å². The SMILES string of the molecule is O=C(/C=C/c1ccc(Cl)c([N+](=O)[O-])c1)Nc1cc(Cl)cc(Cl)c1. The maximum atomic E-state index is 11.9. The Kier molecular flexibility index (Phi) is 5.60. The molecule has 0 aromatic heterocycles. The number of halogens is 3. The van der Waals surface area contributed by atoms with E-state index in [2.05, 4.69) is 5.32 Å². The number of nitro groups is 1. The average Bonchev–Trinajstić information content (AvgIpc) is 2.45. The lowest BCUT2D eigenvalue weighted by molar-refractivity contribution is -0.384. The zero-order valence-electron chi connectivity index (χ0n) is 11.4. The second-order valence-electron chi connectivity index (χ2n) is 4.45. The van der Waals surface area contributed by atoms with Crippen molar-refractivity contribution in [2.24, 2.45) is 0 Å². The summed E-state index contributed by atoms with van der Waals surface area (Å²) in [6.07, 6.45) is 2.67. The number of nitrogens with zero attached hydrogens (tertiary/aromatic N) is 1. The van der Waals surface area contributed by atoms with Crippen molar-refractivity contribution in [1.29, 1.82) is 0 Å². The molecule has 23 heavy (non-hydrogen) atoms. The molecule has 0 atom stereocenters. The average molecular weight is 372 g/mol. The monoisotopic (exact) mass is 370 g/mol. The minimum Gasteiger partial charge on any atom is -0.322 e. The molecule has 1 N–H and O–H groups in total. The standard InChI is InChI=1S/C15H9Cl3N2O3/c16-10-6-11(17)8-12(7-10)19-15(21)4-2-9-1-3-13(18)14(5-9)20(22)23/h1-8H,(H,19,21)/b4-2+. The van der Waals surface area contributed by atoms with Gasteiger partial charge in [0.15, 0.2) is 0 Å². The van der Waals surface area contributed by atoms with Gasteiger partial charge in [-0.25, -0.2) is 0 Å². The quantitative estimate of drug-likeness (QED) is 0.456. The highest BCUT2D eigenvalue weighted by Crippen LogP contribution is 2.26. The molecule has 0 fully saturated rings. The van der Waals surface area contributed by atoms with Crippen LogP contribution in [-0.2, 0) is 4.79 Å². The summed E-state index contributed by atoms with van der Waals surface area (Å²) in [4.78, 5) is 22.1. The summed E-state index contributed by atoms with van der Waals surface area (Å²) in [6.45, 7) is 0. The fourth-order valence-corrected chi connectivity index (χ4v) is 2.47. The van der Waals surface area contributed by atoms with Crippen molar-refractivity contribution in [3.63, 3.8) is 0 Å². The first-order valence-corrected chi connectivity index (χ1v) is 7.37. The number of hydrogen-bond acceptors (Lipinski definition) is 3. The molecule has 0 saturated carbocycles. The van der Waals surface area contributed by atoms with Crippen LogP contribution in [0.15, 0.2) is 42.5 Å². The Morgan fingerprint density at radius 2 is 1.74 bits per heavy atom. The van der Waals surface area contributed by atoms with Gasteiger partial charge in [0.05, 0.1) is 4.92 Å². The van der Waals surface area contributed by atoms with Gasteiger partial charge in [-0.05, 0) is 35.9 Å². The molecule has 2 rings (SSSR count). The van der Waals surface area contributed by atoms with Crippen molar-refractivity contribution >= 4 is 58.2 Å². The molecule has 0 spiro atoms. The van der Waals surface area contributed by atoms with Gasteiger partial charge in [0, 0.05) is 27.9 Å². The van der Waals surface area contributed by atoms with E-state index in [4.69, 9.17) is 34.8 Å². The molecule has 2 aromatic rings. The van der Waals surface area contributed by atoms with E-state index in [0.717, 1.165) is 0 Å². The number of hydrogen-bond donors (Lipinski definition) is 1. The Labute approximate surface area is 146 Å². The van der Waals surface area contributed by atoms with Crippen LogP contribution in [0.3, 0.4) is 0 Å². The number of nitro benzene ring substituents is 1. The molecule has 0 saturated heterocycles. The molecule has 2 aromatic carbocycles. The summed E-state index contributed by atoms with van der Waals surface area (Å²) in [5.41, 5.74) is 0.690. The summed E-state index contributed by atoms with van der Waals surface area (Å²) in [5, 5.41) is 14.2. The predicted molar refractivity (Wildman–Crippen MR) is 92.2 cm³/mol. The van der Waals surface area contributed by atoms with Gasteiger partial charge < -0.3 is 5.32 Å². The Morgan fingerprint density at radius 3 is 2.35 bits per heavy atom. The van der Waals surface area contributed by atoms with E-state index in [1.807, 2.05) is 0 Å². The summed E-state index contributed by atoms with van der Waals surface area (Å²) < 4.78 is 0. The second kappa shape index (κ2) is 7.46. The first-order chi connectivity index (χ1) is 10.8. The molecular formula is C15H9Cl3N2O3. The van der Waals surface area contributed by atoms with E-state index >= 15 is 0 Å². The van der Waals surface area contributed by atoms with E-state index in [0.29, 0.717) is 21.3 Å². The van der Waals surface area contributed by atoms with Gasteiger partial charge in [0.2, 0.25) is 5.91 Å². The topological polar surface area (TPSA) is 72.2 Å². The van der Waals surface area contributed by atoms with Gasteiger partial charge in [-0.3, -0.25) is 14.9 Å². The van der Waals surface area contributed by atoms with Gasteiger partial charge in [-0.2, -0.15) is 0 Å². The Bertz CT molecular complexity index is 786. The van der Waals surface area contributed by atoms with Crippen LogP contribution in [0.4, 0.5) is 11.4 Å². The van der Waals surface area contributed by atoms with Gasteiger partial charge in [0.25, 0.3) is 5.69 Å². The predicted octanol–water partition coefficient (Wildman–Crippen LogP) is 5.21. The molecule has 1 amide bonds. The number of amides is 1. The van der Waals surface area contributed by atoms with Crippen molar-refractivity contribution in [1.82, 2.24) is 0 Å². The van der Waals surface area contributed by atoms with Gasteiger partial charge in [-0.1, -0.05) is 40.9 Å². The number of anilines is 1. The van der Waals surface area contributed by atoms with E-state index in [9.17, 15) is 14.9 Å². The second-order valence-corrected chi connectivity index (χ2v) is 5.73. The van der Waals surface area contributed by atoms with Crippen LogP contribution < -0.4 is 5.32 Å². The van der Waals surface area contributed by atoms with Crippen molar-refractivity contribution in [2.75, 3.05) is 5.32 Å². The third-order valence-electron chi connectivity index (χ3n) is 2.72. The summed E-state index contributed by atoms with van der Waals surface area (Å²) in [5.74, 6) is -0.430. The first-order valence-electron chi connectivity index (χ1n) is 6.24. The van der Waals surface area contributed by atoms with E-state index < -0.39 is 10.8 Å². The molecule has 0 unspecified atom stereocenters. The van der Waals surface area contributed by atoms with Crippen LogP contribution in [0.25, 0.3) is 6.08 Å². The number of rotatable bonds is 4. The molecule has 0 heterocycles. The fourth-order valence-electron chi connectivity index (χ4n) is 1.76. The highest BCUT2D eigenvalue weighted by molar-refractivity contribution is 6.35. The summed E-state index contributed by atoms with van der Waals surface area (Å²) in [6, 6.07) is 8.88. The molecule has 5 nitrogen and oxygen atoms in total. The third kappa shape index (κ3) is 4.96. The molecule has 8 heteroatoms. The Balaban J connectivity index is 2.12. The summed E-state index contributed by atoms with van der Waals surface area (Å²) in [7, 11) is 0. The van der Waals surface area contributed by atoms with Crippen LogP contribution in [0.5, 0.6) is 0 Å². The number of carbonyl (C=O) groups is 1. The lowest BCUT2D eigenvalue weighted by atomic mass is 10.2. The zero-order valence-corrected chi connectivity index (χ0v) is 13.7. The smallest absolute Gasteiger partial charge is 0.288 e. The van der Waals surface area contributed by atoms with E-state index in [1.165, 1.54) is 24.3 Å². The van der Waals surface area contributed by atoms with Gasteiger partial charge in [0.1, 0.15) is 5.02 Å². The Hall–Kier alpha value is -2.08. The van der Waals surface area contributed by atoms with Crippen molar-refractivity contribution in [3.05, 3.63) is 73.2 Å². The maximum absolute atomic E-state index is 11.9. The van der Waals surface area contributed by atoms with Crippen LogP contribution >= 0.6 is 34.8 Å². The number of carbonyl (C=O) groups excluding carboxylic acids is 1. The zero-order chi connectivity index (χ0) is 17.0. The largest absolute Gasteiger partial charge is 0.322 e. The molecule has 0 bridgehead atoms. The maximum Gasteiger partial charge on any atom is 0.288 e. The molecular weight excluding hydrogens is 363 g/mol. The van der Waals surface area contributed by atoms with E-state index in [1.54, 1.807) is 24.3 Å². The van der Waals surface area contributed by atoms with Crippen LogP contribution in [0, 0.1) is 10.1 Å². The van der Waals surface area contributed by atoms with Crippen molar-refractivity contribution in [2.45, 2.75) is 0 Å². The van der Waals surface area contributed by atoms with Crippen LogP contribution in [-0.4, -0.2) is 10.8 Å². The number of nitrogens with one attached hydrogen (secondary N) is 1. The minimum absolute atomic E-state index is 0.0326. The summed E-state index contributed by atoms with van der Waals surface area (Å²) >= 11 is 17.4. The molecule has 0 aliphatic heterocycles. The fraction of sp³-hybridized carbons (Fsp3) is 0. The first kappa shape index (κ1) is 17.3. The van der Waals surface area contributed by atoms with Crippen LogP contribution in [0.1, 0.15) is 5.56 Å². The van der Waals surface area contributed by atoms with Crippen molar-refractivity contribution < 1.29 is 9.72 Å². The molecule has 0 aliphatic rings.